The Morgan fingerprint density at radius 1 is 1.06 bits per heavy atom. The maximum atomic E-state index is 5.60. The van der Waals surface area contributed by atoms with Crippen LogP contribution in [0.4, 0.5) is 5.69 Å². The lowest BCUT2D eigenvalue weighted by Crippen LogP contribution is -2.47. The molecule has 2 aliphatic heterocycles. The number of aliphatic imine (C=N–C) groups is 1. The number of halogens is 1. The van der Waals surface area contributed by atoms with Gasteiger partial charge in [0.1, 0.15) is 0 Å². The second-order valence-corrected chi connectivity index (χ2v) is 7.74. The van der Waals surface area contributed by atoms with Gasteiger partial charge in [-0.1, -0.05) is 24.3 Å². The normalized spacial score (nSPS) is 17.3. The standard InChI is InChI=1S/C24H32N4O3.HI/c1-25-24(28-11-10-18-6-4-5-7-20(18)28)26-17-21(27-12-14-31-15-13-27)19-8-9-22(29-2)23(16-19)30-3;/h4-9,16,21H,10-15,17H2,1-3H3,(H,25,26);1H. The van der Waals surface area contributed by atoms with Crippen molar-refractivity contribution in [2.45, 2.75) is 12.5 Å². The fraction of sp³-hybridized carbons (Fsp3) is 0.458. The molecule has 1 saturated heterocycles. The van der Waals surface area contributed by atoms with Gasteiger partial charge in [0.15, 0.2) is 17.5 Å². The van der Waals surface area contributed by atoms with Gasteiger partial charge in [0.05, 0.1) is 33.5 Å². The zero-order valence-corrected chi connectivity index (χ0v) is 21.4. The van der Waals surface area contributed by atoms with Crippen molar-refractivity contribution in [2.24, 2.45) is 4.99 Å². The number of benzene rings is 2. The summed E-state index contributed by atoms with van der Waals surface area (Å²) in [5.41, 5.74) is 3.80. The number of fused-ring (bicyclic) bond motifs is 1. The van der Waals surface area contributed by atoms with Crippen LogP contribution >= 0.6 is 24.0 Å². The molecule has 32 heavy (non-hydrogen) atoms. The van der Waals surface area contributed by atoms with Crippen LogP contribution in [-0.4, -0.2) is 71.5 Å². The van der Waals surface area contributed by atoms with Crippen molar-refractivity contribution in [2.75, 3.05) is 65.6 Å². The SMILES string of the molecule is CN=C(NCC(c1ccc(OC)c(OC)c1)N1CCOCC1)N1CCc2ccccc21.I. The van der Waals surface area contributed by atoms with Crippen molar-refractivity contribution in [1.29, 1.82) is 0 Å². The zero-order chi connectivity index (χ0) is 21.6. The van der Waals surface area contributed by atoms with Gasteiger partial charge in [-0.3, -0.25) is 9.89 Å². The van der Waals surface area contributed by atoms with Crippen LogP contribution in [0.3, 0.4) is 0 Å². The number of rotatable bonds is 6. The first-order valence-electron chi connectivity index (χ1n) is 10.8. The van der Waals surface area contributed by atoms with Gasteiger partial charge in [-0.05, 0) is 35.7 Å². The first kappa shape index (κ1) is 24.6. The molecule has 0 spiro atoms. The van der Waals surface area contributed by atoms with Crippen LogP contribution in [0.1, 0.15) is 17.2 Å². The predicted molar refractivity (Wildman–Crippen MR) is 139 cm³/mol. The molecule has 2 heterocycles. The molecule has 1 atom stereocenters. The largest absolute Gasteiger partial charge is 0.493 e. The summed E-state index contributed by atoms with van der Waals surface area (Å²) in [6, 6.07) is 14.9. The second-order valence-electron chi connectivity index (χ2n) is 7.74. The van der Waals surface area contributed by atoms with E-state index in [0.717, 1.165) is 63.3 Å². The highest BCUT2D eigenvalue weighted by Crippen LogP contribution is 2.32. The molecule has 2 aromatic rings. The van der Waals surface area contributed by atoms with E-state index in [1.807, 2.05) is 13.1 Å². The molecule has 0 radical (unpaired) electrons. The number of anilines is 1. The molecule has 1 fully saturated rings. The molecule has 174 valence electrons. The fourth-order valence-electron chi connectivity index (χ4n) is 4.45. The van der Waals surface area contributed by atoms with Crippen LogP contribution in [0.15, 0.2) is 47.5 Å². The van der Waals surface area contributed by atoms with E-state index in [-0.39, 0.29) is 30.0 Å². The summed E-state index contributed by atoms with van der Waals surface area (Å²) in [4.78, 5) is 9.32. The fourth-order valence-corrected chi connectivity index (χ4v) is 4.45. The number of ether oxygens (including phenoxy) is 3. The van der Waals surface area contributed by atoms with Crippen molar-refractivity contribution in [1.82, 2.24) is 10.2 Å². The van der Waals surface area contributed by atoms with Crippen LogP contribution in [-0.2, 0) is 11.2 Å². The Bertz CT molecular complexity index is 918. The molecule has 7 nitrogen and oxygen atoms in total. The summed E-state index contributed by atoms with van der Waals surface area (Å²) < 4.78 is 16.6. The Labute approximate surface area is 207 Å². The molecule has 0 saturated carbocycles. The Balaban J connectivity index is 0.00000289. The van der Waals surface area contributed by atoms with Crippen LogP contribution in [0, 0.1) is 0 Å². The zero-order valence-electron chi connectivity index (χ0n) is 19.0. The quantitative estimate of drug-likeness (QED) is 0.337. The lowest BCUT2D eigenvalue weighted by Gasteiger charge is -2.36. The smallest absolute Gasteiger partial charge is 0.198 e. The van der Waals surface area contributed by atoms with Gasteiger partial charge in [0.25, 0.3) is 0 Å². The minimum absolute atomic E-state index is 0. The van der Waals surface area contributed by atoms with E-state index in [2.05, 4.69) is 56.5 Å². The number of para-hydroxylation sites is 1. The maximum Gasteiger partial charge on any atom is 0.198 e. The first-order valence-corrected chi connectivity index (χ1v) is 10.8. The Kier molecular flexibility index (Phi) is 9.01. The predicted octanol–water partition coefficient (Wildman–Crippen LogP) is 3.33. The lowest BCUT2D eigenvalue weighted by atomic mass is 10.0. The summed E-state index contributed by atoms with van der Waals surface area (Å²) in [5.74, 6) is 2.39. The number of methoxy groups -OCH3 is 2. The number of hydrogen-bond acceptors (Lipinski definition) is 5. The van der Waals surface area contributed by atoms with Gasteiger partial charge in [0, 0.05) is 38.9 Å². The Morgan fingerprint density at radius 3 is 2.53 bits per heavy atom. The number of nitrogens with zero attached hydrogens (tertiary/aromatic N) is 3. The van der Waals surface area contributed by atoms with Gasteiger partial charge in [-0.15, -0.1) is 24.0 Å². The van der Waals surface area contributed by atoms with E-state index in [0.29, 0.717) is 0 Å². The van der Waals surface area contributed by atoms with Crippen LogP contribution in [0.2, 0.25) is 0 Å². The minimum atomic E-state index is 0. The summed E-state index contributed by atoms with van der Waals surface area (Å²) in [5, 5.41) is 3.64. The third-order valence-corrected chi connectivity index (χ3v) is 6.09. The van der Waals surface area contributed by atoms with Gasteiger partial charge >= 0.3 is 0 Å². The molecule has 1 N–H and O–H groups in total. The van der Waals surface area contributed by atoms with Crippen molar-refractivity contribution in [3.8, 4) is 11.5 Å². The number of guanidine groups is 1. The first-order chi connectivity index (χ1) is 15.2. The Hall–Kier alpha value is -2.04. The summed E-state index contributed by atoms with van der Waals surface area (Å²) in [6.07, 6.45) is 1.04. The number of nitrogens with one attached hydrogen (secondary N) is 1. The average molecular weight is 552 g/mol. The number of morpholine rings is 1. The minimum Gasteiger partial charge on any atom is -0.493 e. The van der Waals surface area contributed by atoms with Crippen molar-refractivity contribution in [3.63, 3.8) is 0 Å². The van der Waals surface area contributed by atoms with Crippen LogP contribution in [0.25, 0.3) is 0 Å². The molecular weight excluding hydrogens is 519 g/mol. The van der Waals surface area contributed by atoms with Gasteiger partial charge in [0.2, 0.25) is 0 Å². The van der Waals surface area contributed by atoms with E-state index < -0.39 is 0 Å². The molecule has 1 unspecified atom stereocenters. The molecule has 4 rings (SSSR count). The molecule has 0 amide bonds. The third-order valence-electron chi connectivity index (χ3n) is 6.09. The molecular formula is C24H33IN4O3. The van der Waals surface area contributed by atoms with Crippen LogP contribution in [0.5, 0.6) is 11.5 Å². The highest BCUT2D eigenvalue weighted by atomic mass is 127. The molecule has 2 aromatic carbocycles. The molecule has 0 aromatic heterocycles. The highest BCUT2D eigenvalue weighted by Gasteiger charge is 2.27. The molecule has 0 aliphatic carbocycles. The van der Waals surface area contributed by atoms with Crippen molar-refractivity contribution >= 4 is 35.6 Å². The second kappa shape index (κ2) is 11.7. The lowest BCUT2D eigenvalue weighted by molar-refractivity contribution is 0.0169. The van der Waals surface area contributed by atoms with Crippen molar-refractivity contribution in [3.05, 3.63) is 53.6 Å². The van der Waals surface area contributed by atoms with E-state index in [9.17, 15) is 0 Å². The van der Waals surface area contributed by atoms with Crippen molar-refractivity contribution < 1.29 is 14.2 Å². The maximum absolute atomic E-state index is 5.60. The van der Waals surface area contributed by atoms with E-state index in [4.69, 9.17) is 14.2 Å². The summed E-state index contributed by atoms with van der Waals surface area (Å²) in [6.45, 7) is 4.96. The molecule has 2 aliphatic rings. The van der Waals surface area contributed by atoms with Gasteiger partial charge in [-0.25, -0.2) is 0 Å². The molecule has 0 bridgehead atoms. The average Bonchev–Trinajstić information content (AvgIpc) is 3.26. The van der Waals surface area contributed by atoms with Gasteiger partial charge < -0.3 is 24.4 Å². The number of hydrogen-bond donors (Lipinski definition) is 1. The summed E-state index contributed by atoms with van der Waals surface area (Å²) in [7, 11) is 5.19. The topological polar surface area (TPSA) is 58.6 Å². The van der Waals surface area contributed by atoms with E-state index in [1.165, 1.54) is 16.8 Å². The molecule has 8 heteroatoms. The Morgan fingerprint density at radius 2 is 1.81 bits per heavy atom. The van der Waals surface area contributed by atoms with E-state index in [1.54, 1.807) is 14.2 Å². The highest BCUT2D eigenvalue weighted by molar-refractivity contribution is 14.0. The van der Waals surface area contributed by atoms with E-state index >= 15 is 0 Å². The monoisotopic (exact) mass is 552 g/mol. The van der Waals surface area contributed by atoms with Gasteiger partial charge in [-0.2, -0.15) is 0 Å². The summed E-state index contributed by atoms with van der Waals surface area (Å²) >= 11 is 0. The van der Waals surface area contributed by atoms with Crippen LogP contribution < -0.4 is 19.7 Å². The third kappa shape index (κ3) is 5.29.